The number of amides is 3. The second-order valence-corrected chi connectivity index (χ2v) is 12.9. The number of hydrogen-bond donors (Lipinski definition) is 1. The fourth-order valence-corrected chi connectivity index (χ4v) is 7.27. The molecule has 0 radical (unpaired) electrons. The van der Waals surface area contributed by atoms with Gasteiger partial charge in [-0.2, -0.15) is 0 Å². The van der Waals surface area contributed by atoms with E-state index in [4.69, 9.17) is 4.74 Å². The Morgan fingerprint density at radius 2 is 1.71 bits per heavy atom. The third-order valence-corrected chi connectivity index (χ3v) is 9.12. The van der Waals surface area contributed by atoms with Gasteiger partial charge in [-0.1, -0.05) is 43.2 Å². The van der Waals surface area contributed by atoms with Crippen LogP contribution in [0.4, 0.5) is 5.69 Å². The summed E-state index contributed by atoms with van der Waals surface area (Å²) in [5.41, 5.74) is -1.70. The zero-order valence-corrected chi connectivity index (χ0v) is 25.2. The summed E-state index contributed by atoms with van der Waals surface area (Å²) >= 11 is 0. The van der Waals surface area contributed by atoms with Crippen LogP contribution < -0.4 is 4.90 Å². The zero-order chi connectivity index (χ0) is 30.0. The third kappa shape index (κ3) is 5.48. The van der Waals surface area contributed by atoms with Gasteiger partial charge in [0.25, 0.3) is 0 Å². The molecule has 224 valence electrons. The highest BCUT2D eigenvalue weighted by Gasteiger charge is 2.78. The number of ether oxygens (including phenoxy) is 1. The second kappa shape index (κ2) is 12.1. The van der Waals surface area contributed by atoms with E-state index in [1.807, 2.05) is 58.0 Å². The van der Waals surface area contributed by atoms with Crippen LogP contribution in [0.2, 0.25) is 0 Å². The Kier molecular flexibility index (Phi) is 9.14. The van der Waals surface area contributed by atoms with Crippen molar-refractivity contribution < 1.29 is 24.2 Å². The van der Waals surface area contributed by atoms with Gasteiger partial charge < -0.3 is 24.5 Å². The molecule has 41 heavy (non-hydrogen) atoms. The first-order valence-electron chi connectivity index (χ1n) is 15.0. The maximum Gasteiger partial charge on any atom is 0.249 e. The smallest absolute Gasteiger partial charge is 0.249 e. The summed E-state index contributed by atoms with van der Waals surface area (Å²) in [5, 5.41) is 9.19. The number of fused-ring (bicyclic) bond motifs is 1. The van der Waals surface area contributed by atoms with Gasteiger partial charge in [0.2, 0.25) is 17.7 Å². The van der Waals surface area contributed by atoms with E-state index in [-0.39, 0.29) is 24.3 Å². The van der Waals surface area contributed by atoms with Gasteiger partial charge in [-0.3, -0.25) is 14.4 Å². The first kappa shape index (κ1) is 31.0. The predicted octanol–water partition coefficient (Wildman–Crippen LogP) is 4.34. The Labute approximate surface area is 245 Å². The van der Waals surface area contributed by atoms with E-state index in [0.717, 1.165) is 18.5 Å². The molecule has 0 aromatic heterocycles. The molecule has 1 spiro atoms. The molecule has 1 N–H and O–H groups in total. The van der Waals surface area contributed by atoms with Crippen molar-refractivity contribution in [1.29, 1.82) is 0 Å². The van der Waals surface area contributed by atoms with Gasteiger partial charge in [-0.15, -0.1) is 13.2 Å². The number of rotatable bonds is 13. The molecule has 5 atom stereocenters. The average Bonchev–Trinajstić information content (AvgIpc) is 3.50. The van der Waals surface area contributed by atoms with Crippen LogP contribution in [0.25, 0.3) is 0 Å². The van der Waals surface area contributed by atoms with E-state index in [0.29, 0.717) is 45.3 Å². The van der Waals surface area contributed by atoms with E-state index in [9.17, 15) is 19.5 Å². The lowest BCUT2D eigenvalue weighted by Gasteiger charge is -2.42. The van der Waals surface area contributed by atoms with Crippen molar-refractivity contribution in [3.8, 4) is 0 Å². The van der Waals surface area contributed by atoms with Crippen LogP contribution in [-0.2, 0) is 19.1 Å². The quantitative estimate of drug-likeness (QED) is 0.284. The number of unbranched alkanes of at least 4 members (excludes halogenated alkanes) is 3. The summed E-state index contributed by atoms with van der Waals surface area (Å²) in [6.07, 6.45) is 7.63. The molecular formula is C33H47N3O5. The summed E-state index contributed by atoms with van der Waals surface area (Å²) in [4.78, 5) is 48.5. The summed E-state index contributed by atoms with van der Waals surface area (Å²) in [5.74, 6) is -1.98. The molecule has 1 aromatic rings. The Morgan fingerprint density at radius 3 is 2.32 bits per heavy atom. The van der Waals surface area contributed by atoms with E-state index < -0.39 is 34.6 Å². The van der Waals surface area contributed by atoms with Crippen molar-refractivity contribution in [2.75, 3.05) is 31.1 Å². The number of para-hydroxylation sites is 1. The summed E-state index contributed by atoms with van der Waals surface area (Å²) < 4.78 is 6.85. The van der Waals surface area contributed by atoms with Crippen molar-refractivity contribution in [1.82, 2.24) is 9.80 Å². The minimum Gasteiger partial charge on any atom is -0.396 e. The maximum absolute atomic E-state index is 14.5. The van der Waals surface area contributed by atoms with Gasteiger partial charge in [0.1, 0.15) is 11.6 Å². The molecule has 8 heteroatoms. The van der Waals surface area contributed by atoms with Gasteiger partial charge in [0, 0.05) is 37.5 Å². The Balaban J connectivity index is 1.76. The average molecular weight is 566 g/mol. The maximum atomic E-state index is 14.5. The third-order valence-electron chi connectivity index (χ3n) is 9.12. The van der Waals surface area contributed by atoms with Gasteiger partial charge in [0.05, 0.1) is 17.4 Å². The molecule has 0 aliphatic carbocycles. The van der Waals surface area contributed by atoms with Gasteiger partial charge in [0.15, 0.2) is 0 Å². The summed E-state index contributed by atoms with van der Waals surface area (Å²) in [7, 11) is 0. The number of nitrogens with zero attached hydrogens (tertiary/aromatic N) is 3. The van der Waals surface area contributed by atoms with Crippen LogP contribution in [0.1, 0.15) is 66.2 Å². The number of hydrogen-bond acceptors (Lipinski definition) is 5. The van der Waals surface area contributed by atoms with Gasteiger partial charge in [-0.05, 0) is 65.5 Å². The lowest BCUT2D eigenvalue weighted by Crippen LogP contribution is -2.60. The number of likely N-dealkylation sites (tertiary alicyclic amines) is 1. The molecule has 2 bridgehead atoms. The molecule has 8 nitrogen and oxygen atoms in total. The summed E-state index contributed by atoms with van der Waals surface area (Å²) in [6, 6.07) is 8.61. The molecule has 0 saturated carbocycles. The van der Waals surface area contributed by atoms with E-state index >= 15 is 0 Å². The first-order chi connectivity index (χ1) is 19.5. The minimum atomic E-state index is -1.07. The lowest BCUT2D eigenvalue weighted by molar-refractivity contribution is -0.154. The van der Waals surface area contributed by atoms with Crippen molar-refractivity contribution in [2.24, 2.45) is 11.8 Å². The van der Waals surface area contributed by atoms with Gasteiger partial charge >= 0.3 is 0 Å². The monoisotopic (exact) mass is 565 g/mol. The molecule has 3 fully saturated rings. The number of carbonyl (C=O) groups excluding carboxylic acids is 3. The molecule has 4 rings (SSSR count). The van der Waals surface area contributed by atoms with Crippen LogP contribution in [0.15, 0.2) is 55.6 Å². The largest absolute Gasteiger partial charge is 0.396 e. The van der Waals surface area contributed by atoms with Crippen LogP contribution in [0.3, 0.4) is 0 Å². The molecule has 2 unspecified atom stereocenters. The van der Waals surface area contributed by atoms with Crippen molar-refractivity contribution in [2.45, 2.75) is 89.0 Å². The van der Waals surface area contributed by atoms with E-state index in [2.05, 4.69) is 13.2 Å². The standard InChI is InChI=1S/C33H47N3O5/c1-7-20-34(24-16-12-11-13-17-24)28(38)25-26-29(39)35(22-14-9-10-15-23-37)27(33(26)19-18-32(25,6)41-33)30(40)36(21-8-2)31(3,4)5/h7-8,11-13,16-17,25-27,37H,1-2,9-10,14-15,18-23H2,3-6H3/t25-,26+,27?,32+,33?/m1/s1. The molecule has 3 heterocycles. The first-order valence-corrected chi connectivity index (χ1v) is 15.0. The molecule has 1 aromatic carbocycles. The number of aliphatic hydroxyl groups excluding tert-OH is 1. The second-order valence-electron chi connectivity index (χ2n) is 12.9. The van der Waals surface area contributed by atoms with Crippen LogP contribution in [0, 0.1) is 11.8 Å². The lowest BCUT2D eigenvalue weighted by atomic mass is 9.66. The highest BCUT2D eigenvalue weighted by atomic mass is 16.5. The Bertz CT molecular complexity index is 1150. The van der Waals surface area contributed by atoms with E-state index in [1.165, 1.54) is 0 Å². The highest BCUT2D eigenvalue weighted by molar-refractivity contribution is 6.03. The van der Waals surface area contributed by atoms with Crippen LogP contribution in [0.5, 0.6) is 0 Å². The van der Waals surface area contributed by atoms with E-state index in [1.54, 1.807) is 26.9 Å². The zero-order valence-electron chi connectivity index (χ0n) is 25.2. The topological polar surface area (TPSA) is 90.4 Å². The minimum absolute atomic E-state index is 0.135. The molecule has 3 saturated heterocycles. The molecule has 3 amide bonds. The molecule has 3 aliphatic heterocycles. The van der Waals surface area contributed by atoms with Crippen molar-refractivity contribution >= 4 is 23.4 Å². The fraction of sp³-hybridized carbons (Fsp3) is 0.606. The van der Waals surface area contributed by atoms with Crippen LogP contribution in [-0.4, -0.2) is 81.7 Å². The Morgan fingerprint density at radius 1 is 1.05 bits per heavy atom. The number of carbonyl (C=O) groups is 3. The normalized spacial score (nSPS) is 28.5. The number of aliphatic hydroxyl groups is 1. The molecule has 3 aliphatic rings. The van der Waals surface area contributed by atoms with Crippen molar-refractivity contribution in [3.05, 3.63) is 55.6 Å². The number of anilines is 1. The Hall–Kier alpha value is -2.97. The van der Waals surface area contributed by atoms with Crippen molar-refractivity contribution in [3.63, 3.8) is 0 Å². The molecular weight excluding hydrogens is 518 g/mol. The van der Waals surface area contributed by atoms with Gasteiger partial charge in [-0.25, -0.2) is 0 Å². The SMILES string of the molecule is C=CCN(C(=O)[C@H]1[C@H]2C(=O)N(CCCCCCO)C(C(=O)N(CC=C)C(C)(C)C)C23CC[C@]1(C)O3)c1ccccc1. The fourth-order valence-electron chi connectivity index (χ4n) is 7.27. The highest BCUT2D eigenvalue weighted by Crippen LogP contribution is 2.63. The number of benzene rings is 1. The van der Waals surface area contributed by atoms with Crippen LogP contribution >= 0.6 is 0 Å². The predicted molar refractivity (Wildman–Crippen MR) is 160 cm³/mol. The summed E-state index contributed by atoms with van der Waals surface area (Å²) in [6.45, 7) is 16.8.